The van der Waals surface area contributed by atoms with Gasteiger partial charge in [-0.25, -0.2) is 0 Å². The molecule has 0 N–H and O–H groups in total. The number of ether oxygens (including phenoxy) is 1. The third-order valence-electron chi connectivity index (χ3n) is 5.85. The van der Waals surface area contributed by atoms with Gasteiger partial charge in [0.25, 0.3) is 0 Å². The standard InChI is InChI=1S/C23H32N2O2S/c1-16(2)25(18(4)26)13-19-12-24(15-23-17(3)10-11-28-23)14-21(19)20-8-6-7-9-22(20)27-5/h6-11,16,19,21H,12-15H2,1-5H3. The maximum Gasteiger partial charge on any atom is 0.219 e. The summed E-state index contributed by atoms with van der Waals surface area (Å²) in [6.07, 6.45) is 0. The van der Waals surface area contributed by atoms with E-state index in [2.05, 4.69) is 49.3 Å². The van der Waals surface area contributed by atoms with Crippen molar-refractivity contribution in [1.29, 1.82) is 0 Å². The lowest BCUT2D eigenvalue weighted by Crippen LogP contribution is -2.40. The van der Waals surface area contributed by atoms with Crippen LogP contribution in [-0.4, -0.2) is 48.5 Å². The molecule has 28 heavy (non-hydrogen) atoms. The highest BCUT2D eigenvalue weighted by Crippen LogP contribution is 2.39. The van der Waals surface area contributed by atoms with E-state index in [0.717, 1.165) is 31.9 Å². The second-order valence-corrected chi connectivity index (χ2v) is 9.10. The molecule has 5 heteroatoms. The van der Waals surface area contributed by atoms with Gasteiger partial charge in [0.15, 0.2) is 0 Å². The Kier molecular flexibility index (Phi) is 6.78. The van der Waals surface area contributed by atoms with Gasteiger partial charge in [0.2, 0.25) is 5.91 Å². The lowest BCUT2D eigenvalue weighted by atomic mass is 9.87. The predicted molar refractivity (Wildman–Crippen MR) is 116 cm³/mol. The number of carbonyl (C=O) groups excluding carboxylic acids is 1. The zero-order valence-corrected chi connectivity index (χ0v) is 18.5. The van der Waals surface area contributed by atoms with Crippen LogP contribution in [0.1, 0.15) is 42.7 Å². The van der Waals surface area contributed by atoms with Gasteiger partial charge in [-0.3, -0.25) is 9.69 Å². The van der Waals surface area contributed by atoms with Crippen LogP contribution in [0, 0.1) is 12.8 Å². The Balaban J connectivity index is 1.86. The molecule has 0 spiro atoms. The van der Waals surface area contributed by atoms with Crippen molar-refractivity contribution in [2.75, 3.05) is 26.7 Å². The molecule has 1 fully saturated rings. The topological polar surface area (TPSA) is 32.8 Å². The quantitative estimate of drug-likeness (QED) is 0.684. The third kappa shape index (κ3) is 4.58. The minimum atomic E-state index is 0.154. The second kappa shape index (κ2) is 9.10. The number of hydrogen-bond acceptors (Lipinski definition) is 4. The summed E-state index contributed by atoms with van der Waals surface area (Å²) in [6.45, 7) is 11.8. The van der Waals surface area contributed by atoms with E-state index in [1.54, 1.807) is 14.0 Å². The Morgan fingerprint density at radius 1 is 1.29 bits per heavy atom. The van der Waals surface area contributed by atoms with Crippen LogP contribution in [0.15, 0.2) is 35.7 Å². The fourth-order valence-electron chi connectivity index (χ4n) is 4.32. The Morgan fingerprint density at radius 3 is 2.64 bits per heavy atom. The number of likely N-dealkylation sites (tertiary alicyclic amines) is 1. The van der Waals surface area contributed by atoms with Crippen LogP contribution in [-0.2, 0) is 11.3 Å². The Morgan fingerprint density at radius 2 is 2.04 bits per heavy atom. The van der Waals surface area contributed by atoms with Gasteiger partial charge in [0.1, 0.15) is 5.75 Å². The number of nitrogens with zero attached hydrogens (tertiary/aromatic N) is 2. The first-order valence-electron chi connectivity index (χ1n) is 10.1. The molecule has 1 amide bonds. The molecule has 1 aromatic carbocycles. The summed E-state index contributed by atoms with van der Waals surface area (Å²) in [5.41, 5.74) is 2.63. The number of methoxy groups -OCH3 is 1. The normalized spacial score (nSPS) is 19.9. The van der Waals surface area contributed by atoms with Gasteiger partial charge in [-0.1, -0.05) is 18.2 Å². The van der Waals surface area contributed by atoms with Gasteiger partial charge in [-0.15, -0.1) is 11.3 Å². The highest BCUT2D eigenvalue weighted by atomic mass is 32.1. The molecule has 3 rings (SSSR count). The van der Waals surface area contributed by atoms with E-state index in [-0.39, 0.29) is 11.9 Å². The molecule has 4 nitrogen and oxygen atoms in total. The number of benzene rings is 1. The highest BCUT2D eigenvalue weighted by molar-refractivity contribution is 7.10. The van der Waals surface area contributed by atoms with Crippen molar-refractivity contribution in [3.8, 4) is 5.75 Å². The fourth-order valence-corrected chi connectivity index (χ4v) is 5.27. The maximum absolute atomic E-state index is 12.2. The molecule has 2 aromatic rings. The van der Waals surface area contributed by atoms with Gasteiger partial charge in [0.05, 0.1) is 7.11 Å². The van der Waals surface area contributed by atoms with Crippen LogP contribution >= 0.6 is 11.3 Å². The van der Waals surface area contributed by atoms with E-state index in [4.69, 9.17) is 4.74 Å². The summed E-state index contributed by atoms with van der Waals surface area (Å²) >= 11 is 1.84. The van der Waals surface area contributed by atoms with Crippen LogP contribution in [0.3, 0.4) is 0 Å². The Bertz CT molecular complexity index is 801. The van der Waals surface area contributed by atoms with Crippen molar-refractivity contribution in [2.45, 2.75) is 46.2 Å². The Labute approximate surface area is 173 Å². The Hall–Kier alpha value is -1.85. The van der Waals surface area contributed by atoms with Crippen molar-refractivity contribution < 1.29 is 9.53 Å². The van der Waals surface area contributed by atoms with Crippen LogP contribution in [0.5, 0.6) is 5.75 Å². The van der Waals surface area contributed by atoms with Crippen molar-refractivity contribution in [2.24, 2.45) is 5.92 Å². The SMILES string of the molecule is COc1ccccc1C1CN(Cc2sccc2C)CC1CN(C(C)=O)C(C)C. The summed E-state index contributed by atoms with van der Waals surface area (Å²) in [5.74, 6) is 1.85. The molecular weight excluding hydrogens is 368 g/mol. The molecule has 2 heterocycles. The number of aryl methyl sites for hydroxylation is 1. The van der Waals surface area contributed by atoms with E-state index in [9.17, 15) is 4.79 Å². The summed E-state index contributed by atoms with van der Waals surface area (Å²) < 4.78 is 5.67. The summed E-state index contributed by atoms with van der Waals surface area (Å²) in [6, 6.07) is 10.8. The van der Waals surface area contributed by atoms with E-state index < -0.39 is 0 Å². The number of rotatable bonds is 7. The molecule has 1 aliphatic rings. The van der Waals surface area contributed by atoms with Gasteiger partial charge in [0, 0.05) is 49.9 Å². The molecular formula is C23H32N2O2S. The lowest BCUT2D eigenvalue weighted by molar-refractivity contribution is -0.131. The zero-order chi connectivity index (χ0) is 20.3. The second-order valence-electron chi connectivity index (χ2n) is 8.09. The lowest BCUT2D eigenvalue weighted by Gasteiger charge is -2.31. The average Bonchev–Trinajstić information content (AvgIpc) is 3.25. The van der Waals surface area contributed by atoms with Crippen molar-refractivity contribution in [1.82, 2.24) is 9.80 Å². The highest BCUT2D eigenvalue weighted by Gasteiger charge is 2.37. The van der Waals surface area contributed by atoms with Gasteiger partial charge < -0.3 is 9.64 Å². The molecule has 152 valence electrons. The molecule has 1 saturated heterocycles. The number of thiophene rings is 1. The van der Waals surface area contributed by atoms with Gasteiger partial charge in [-0.05, 0) is 55.3 Å². The number of amides is 1. The first kappa shape index (κ1) is 20.9. The fraction of sp³-hybridized carbons (Fsp3) is 0.522. The molecule has 0 aliphatic carbocycles. The van der Waals surface area contributed by atoms with Gasteiger partial charge in [-0.2, -0.15) is 0 Å². The van der Waals surface area contributed by atoms with Crippen LogP contribution in [0.25, 0.3) is 0 Å². The summed E-state index contributed by atoms with van der Waals surface area (Å²) in [7, 11) is 1.74. The zero-order valence-electron chi connectivity index (χ0n) is 17.6. The van der Waals surface area contributed by atoms with Crippen LogP contribution in [0.2, 0.25) is 0 Å². The molecule has 1 aliphatic heterocycles. The van der Waals surface area contributed by atoms with E-state index in [1.165, 1.54) is 16.0 Å². The first-order chi connectivity index (χ1) is 13.4. The average molecular weight is 401 g/mol. The number of para-hydroxylation sites is 1. The predicted octanol–water partition coefficient (Wildman–Crippen LogP) is 4.54. The minimum absolute atomic E-state index is 0.154. The van der Waals surface area contributed by atoms with Crippen molar-refractivity contribution in [3.63, 3.8) is 0 Å². The molecule has 2 atom stereocenters. The smallest absolute Gasteiger partial charge is 0.219 e. The monoisotopic (exact) mass is 400 g/mol. The van der Waals surface area contributed by atoms with E-state index >= 15 is 0 Å². The molecule has 0 saturated carbocycles. The number of hydrogen-bond donors (Lipinski definition) is 0. The minimum Gasteiger partial charge on any atom is -0.496 e. The molecule has 0 radical (unpaired) electrons. The van der Waals surface area contributed by atoms with Gasteiger partial charge >= 0.3 is 0 Å². The third-order valence-corrected chi connectivity index (χ3v) is 6.86. The van der Waals surface area contributed by atoms with Crippen LogP contribution < -0.4 is 4.74 Å². The molecule has 0 bridgehead atoms. The largest absolute Gasteiger partial charge is 0.496 e. The van der Waals surface area contributed by atoms with E-state index in [0.29, 0.717) is 11.8 Å². The maximum atomic E-state index is 12.2. The van der Waals surface area contributed by atoms with Crippen molar-refractivity contribution >= 4 is 17.2 Å². The van der Waals surface area contributed by atoms with E-state index in [1.807, 2.05) is 28.4 Å². The summed E-state index contributed by atoms with van der Waals surface area (Å²) in [5, 5.41) is 2.17. The number of carbonyl (C=O) groups is 1. The molecule has 2 unspecified atom stereocenters. The molecule has 1 aromatic heterocycles. The first-order valence-corrected chi connectivity index (χ1v) is 10.9. The van der Waals surface area contributed by atoms with Crippen LogP contribution in [0.4, 0.5) is 0 Å². The summed E-state index contributed by atoms with van der Waals surface area (Å²) in [4.78, 5) is 18.2. The van der Waals surface area contributed by atoms with Crippen molar-refractivity contribution in [3.05, 3.63) is 51.7 Å².